The van der Waals surface area contributed by atoms with Crippen molar-refractivity contribution in [3.05, 3.63) is 36.0 Å². The number of nitrogens with two attached hydrogens (primary N) is 2. The minimum atomic E-state index is -1.14. The van der Waals surface area contributed by atoms with E-state index in [1.165, 1.54) is 0 Å². The molecule has 3 atom stereocenters. The van der Waals surface area contributed by atoms with E-state index in [-0.39, 0.29) is 12.3 Å². The lowest BCUT2D eigenvalue weighted by molar-refractivity contribution is -0.142. The fraction of sp³-hybridized carbons (Fsp3) is 0.522. The number of aromatic amines is 1. The molecule has 0 aliphatic rings. The lowest BCUT2D eigenvalue weighted by atomic mass is 10.0. The van der Waals surface area contributed by atoms with Crippen LogP contribution in [0.2, 0.25) is 0 Å². The predicted molar refractivity (Wildman–Crippen MR) is 124 cm³/mol. The number of hydrogen-bond donors (Lipinski definition) is 6. The Morgan fingerprint density at radius 3 is 2.41 bits per heavy atom. The Labute approximate surface area is 188 Å². The van der Waals surface area contributed by atoms with Gasteiger partial charge < -0.3 is 32.2 Å². The zero-order valence-electron chi connectivity index (χ0n) is 18.8. The smallest absolute Gasteiger partial charge is 0.326 e. The molecule has 8 N–H and O–H groups in total. The fourth-order valence-electron chi connectivity index (χ4n) is 3.61. The third kappa shape index (κ3) is 7.35. The van der Waals surface area contributed by atoms with Crippen molar-refractivity contribution in [1.82, 2.24) is 15.6 Å². The number of fused-ring (bicyclic) bond motifs is 1. The summed E-state index contributed by atoms with van der Waals surface area (Å²) in [4.78, 5) is 40.4. The molecule has 0 bridgehead atoms. The van der Waals surface area contributed by atoms with Crippen LogP contribution in [0.5, 0.6) is 0 Å². The number of para-hydroxylation sites is 1. The molecule has 9 heteroatoms. The number of aromatic nitrogens is 1. The van der Waals surface area contributed by atoms with E-state index in [9.17, 15) is 19.5 Å². The molecule has 176 valence electrons. The highest BCUT2D eigenvalue weighted by Gasteiger charge is 2.29. The molecular formula is C23H35N5O4. The van der Waals surface area contributed by atoms with Crippen molar-refractivity contribution in [3.63, 3.8) is 0 Å². The van der Waals surface area contributed by atoms with Gasteiger partial charge >= 0.3 is 5.97 Å². The second-order valence-electron chi connectivity index (χ2n) is 8.54. The van der Waals surface area contributed by atoms with Crippen LogP contribution in [0.25, 0.3) is 10.9 Å². The molecule has 0 aliphatic carbocycles. The Kier molecular flexibility index (Phi) is 9.67. The monoisotopic (exact) mass is 445 g/mol. The van der Waals surface area contributed by atoms with Crippen molar-refractivity contribution < 1.29 is 19.5 Å². The molecule has 3 unspecified atom stereocenters. The SMILES string of the molecule is CC(C)CC(NC(=O)C(N)CCCCN)C(=O)NC(Cc1c[nH]c2ccccc12)C(=O)O. The lowest BCUT2D eigenvalue weighted by Crippen LogP contribution is -2.55. The van der Waals surface area contributed by atoms with Gasteiger partial charge in [-0.1, -0.05) is 38.5 Å². The first-order chi connectivity index (χ1) is 15.2. The van der Waals surface area contributed by atoms with Gasteiger partial charge in [-0.2, -0.15) is 0 Å². The largest absolute Gasteiger partial charge is 0.480 e. The van der Waals surface area contributed by atoms with Gasteiger partial charge in [-0.15, -0.1) is 0 Å². The number of carboxylic acid groups (broad SMARTS) is 1. The van der Waals surface area contributed by atoms with Crippen LogP contribution in [0, 0.1) is 5.92 Å². The second kappa shape index (κ2) is 12.2. The molecule has 32 heavy (non-hydrogen) atoms. The van der Waals surface area contributed by atoms with Crippen LogP contribution in [-0.4, -0.2) is 52.5 Å². The summed E-state index contributed by atoms with van der Waals surface area (Å²) in [6.45, 7) is 4.38. The number of carbonyl (C=O) groups is 3. The van der Waals surface area contributed by atoms with Crippen molar-refractivity contribution in [2.75, 3.05) is 6.54 Å². The van der Waals surface area contributed by atoms with Gasteiger partial charge in [0, 0.05) is 23.5 Å². The second-order valence-corrected chi connectivity index (χ2v) is 8.54. The third-order valence-corrected chi connectivity index (χ3v) is 5.36. The van der Waals surface area contributed by atoms with Gasteiger partial charge in [-0.3, -0.25) is 9.59 Å². The standard InChI is InChI=1S/C23H35N5O4/c1-14(2)11-19(27-21(29)17(25)8-5-6-10-24)22(30)28-20(23(31)32)12-15-13-26-18-9-4-3-7-16(15)18/h3-4,7,9,13-14,17,19-20,26H,5-6,8,10-12,24-25H2,1-2H3,(H,27,29)(H,28,30)(H,31,32). The molecular weight excluding hydrogens is 410 g/mol. The number of amides is 2. The molecule has 1 aromatic heterocycles. The first-order valence-electron chi connectivity index (χ1n) is 11.1. The maximum absolute atomic E-state index is 12.9. The number of carboxylic acids is 1. The zero-order valence-corrected chi connectivity index (χ0v) is 18.8. The summed E-state index contributed by atoms with van der Waals surface area (Å²) in [5.41, 5.74) is 13.1. The first kappa shape index (κ1) is 25.4. The van der Waals surface area contributed by atoms with Gasteiger partial charge in [0.15, 0.2) is 0 Å². The van der Waals surface area contributed by atoms with E-state index in [2.05, 4.69) is 15.6 Å². The topological polar surface area (TPSA) is 163 Å². The van der Waals surface area contributed by atoms with Crippen LogP contribution in [0.4, 0.5) is 0 Å². The highest BCUT2D eigenvalue weighted by atomic mass is 16.4. The minimum absolute atomic E-state index is 0.108. The number of H-pyrrole nitrogens is 1. The molecule has 9 nitrogen and oxygen atoms in total. The Morgan fingerprint density at radius 1 is 1.06 bits per heavy atom. The normalized spacial score (nSPS) is 14.2. The number of aliphatic carboxylic acids is 1. The Balaban J connectivity index is 2.08. The summed E-state index contributed by atoms with van der Waals surface area (Å²) < 4.78 is 0. The summed E-state index contributed by atoms with van der Waals surface area (Å²) in [6.07, 6.45) is 4.19. The van der Waals surface area contributed by atoms with Crippen molar-refractivity contribution in [3.8, 4) is 0 Å². The highest BCUT2D eigenvalue weighted by molar-refractivity contribution is 5.92. The molecule has 0 radical (unpaired) electrons. The predicted octanol–water partition coefficient (Wildman–Crippen LogP) is 1.27. The van der Waals surface area contributed by atoms with Gasteiger partial charge in [-0.25, -0.2) is 4.79 Å². The molecule has 1 heterocycles. The van der Waals surface area contributed by atoms with Crippen molar-refractivity contribution >= 4 is 28.7 Å². The van der Waals surface area contributed by atoms with Gasteiger partial charge in [0.2, 0.25) is 11.8 Å². The number of unbranched alkanes of at least 4 members (excludes halogenated alkanes) is 1. The van der Waals surface area contributed by atoms with Crippen LogP contribution >= 0.6 is 0 Å². The number of carbonyl (C=O) groups excluding carboxylic acids is 2. The van der Waals surface area contributed by atoms with E-state index < -0.39 is 35.9 Å². The maximum Gasteiger partial charge on any atom is 0.326 e. The summed E-state index contributed by atoms with van der Waals surface area (Å²) >= 11 is 0. The molecule has 2 rings (SSSR count). The van der Waals surface area contributed by atoms with Crippen LogP contribution in [0.15, 0.2) is 30.5 Å². The summed E-state index contributed by atoms with van der Waals surface area (Å²) in [5.74, 6) is -1.99. The van der Waals surface area contributed by atoms with E-state index in [4.69, 9.17) is 11.5 Å². The molecule has 2 amide bonds. The number of benzene rings is 1. The zero-order chi connectivity index (χ0) is 23.7. The van der Waals surface area contributed by atoms with Crippen LogP contribution in [-0.2, 0) is 20.8 Å². The molecule has 0 aliphatic heterocycles. The summed E-state index contributed by atoms with van der Waals surface area (Å²) in [5, 5.41) is 15.9. The molecule has 2 aromatic rings. The van der Waals surface area contributed by atoms with Crippen LogP contribution in [0.3, 0.4) is 0 Å². The number of rotatable bonds is 13. The van der Waals surface area contributed by atoms with E-state index in [0.29, 0.717) is 19.4 Å². The van der Waals surface area contributed by atoms with E-state index in [1.54, 1.807) is 6.20 Å². The fourth-order valence-corrected chi connectivity index (χ4v) is 3.61. The molecule has 0 fully saturated rings. The average molecular weight is 446 g/mol. The molecule has 0 spiro atoms. The molecule has 0 saturated carbocycles. The highest BCUT2D eigenvalue weighted by Crippen LogP contribution is 2.19. The molecule has 1 aromatic carbocycles. The number of hydrogen-bond acceptors (Lipinski definition) is 5. The Bertz CT molecular complexity index is 911. The maximum atomic E-state index is 12.9. The summed E-state index contributed by atoms with van der Waals surface area (Å²) in [6, 6.07) is 4.82. The molecule has 0 saturated heterocycles. The number of nitrogens with one attached hydrogen (secondary N) is 3. The van der Waals surface area contributed by atoms with Gasteiger partial charge in [-0.05, 0) is 43.4 Å². The van der Waals surface area contributed by atoms with Crippen molar-refractivity contribution in [1.29, 1.82) is 0 Å². The lowest BCUT2D eigenvalue weighted by Gasteiger charge is -2.24. The van der Waals surface area contributed by atoms with Crippen molar-refractivity contribution in [2.24, 2.45) is 17.4 Å². The Hall–Kier alpha value is -2.91. The Morgan fingerprint density at radius 2 is 1.75 bits per heavy atom. The van der Waals surface area contributed by atoms with E-state index >= 15 is 0 Å². The summed E-state index contributed by atoms with van der Waals surface area (Å²) in [7, 11) is 0. The van der Waals surface area contributed by atoms with E-state index in [1.807, 2.05) is 38.1 Å². The van der Waals surface area contributed by atoms with Gasteiger partial charge in [0.25, 0.3) is 0 Å². The van der Waals surface area contributed by atoms with Gasteiger partial charge in [0.1, 0.15) is 12.1 Å². The third-order valence-electron chi connectivity index (χ3n) is 5.36. The van der Waals surface area contributed by atoms with Crippen LogP contribution in [0.1, 0.15) is 45.1 Å². The van der Waals surface area contributed by atoms with E-state index in [0.717, 1.165) is 29.3 Å². The quantitative estimate of drug-likeness (QED) is 0.254. The first-order valence-corrected chi connectivity index (χ1v) is 11.1. The van der Waals surface area contributed by atoms with Crippen molar-refractivity contribution in [2.45, 2.75) is 64.1 Å². The minimum Gasteiger partial charge on any atom is -0.480 e. The van der Waals surface area contributed by atoms with Crippen LogP contribution < -0.4 is 22.1 Å². The van der Waals surface area contributed by atoms with Gasteiger partial charge in [0.05, 0.1) is 6.04 Å². The average Bonchev–Trinajstić information content (AvgIpc) is 3.15.